The fourth-order valence-electron chi connectivity index (χ4n) is 7.09. The van der Waals surface area contributed by atoms with Crippen LogP contribution in [0, 0.1) is 6.92 Å². The highest BCUT2D eigenvalue weighted by Crippen LogP contribution is 2.43. The maximum absolute atomic E-state index is 14.4. The Labute approximate surface area is 283 Å². The fraction of sp³-hybridized carbons (Fsp3) is 0.194. The lowest BCUT2D eigenvalue weighted by Gasteiger charge is -2.36. The minimum Gasteiger partial charge on any atom is -0.507 e. The van der Waals surface area contributed by atoms with Gasteiger partial charge >= 0.3 is 0 Å². The number of aldehydes is 1. The lowest BCUT2D eigenvalue weighted by Crippen LogP contribution is -2.63. The average molecular weight is 692 g/mol. The monoisotopic (exact) mass is 691 g/mol. The largest absolute Gasteiger partial charge is 0.507 e. The predicted molar refractivity (Wildman–Crippen MR) is 184 cm³/mol. The Kier molecular flexibility index (Phi) is 7.32. The van der Waals surface area contributed by atoms with Crippen molar-refractivity contribution in [3.05, 3.63) is 93.3 Å². The number of hydrogen-bond donors (Lipinski definition) is 3. The maximum Gasteiger partial charge on any atom is 0.263 e. The standard InChI is InChI=1S/C36H25N3O12/c1-13-9-18-26(36(50)38(13)11-22(43)39-10-19(21(42)12-40)37-35(49)14(39)2)32(47)24-16(29(18)44)7-8-17-25(24)33(48)27-28(34(17)51-3)31(46)23-15(30(27)45)5-4-6-20(23)41/h4-9,12,14,19,41,48H,10-11H2,1-3H3,(H,37,49). The molecule has 0 saturated carbocycles. The Hall–Kier alpha value is -6.77. The van der Waals surface area contributed by atoms with Gasteiger partial charge in [-0.05, 0) is 38.1 Å². The second kappa shape index (κ2) is 11.4. The number of methoxy groups -OCH3 is 1. The molecule has 256 valence electrons. The third-order valence-electron chi connectivity index (χ3n) is 9.64. The normalized spacial score (nSPS) is 16.3. The van der Waals surface area contributed by atoms with Gasteiger partial charge in [-0.3, -0.25) is 43.2 Å². The van der Waals surface area contributed by atoms with Gasteiger partial charge in [0, 0.05) is 44.6 Å². The number of amides is 2. The number of nitrogens with zero attached hydrogens (tertiary/aromatic N) is 2. The van der Waals surface area contributed by atoms with Gasteiger partial charge in [-0.25, -0.2) is 0 Å². The number of piperazine rings is 1. The van der Waals surface area contributed by atoms with E-state index in [4.69, 9.17) is 4.74 Å². The summed E-state index contributed by atoms with van der Waals surface area (Å²) in [4.78, 5) is 120. The molecule has 1 aliphatic rings. The Morgan fingerprint density at radius 2 is 1.51 bits per heavy atom. The Morgan fingerprint density at radius 3 is 2.20 bits per heavy atom. The molecule has 3 N–H and O–H groups in total. The highest BCUT2D eigenvalue weighted by Gasteiger charge is 2.37. The summed E-state index contributed by atoms with van der Waals surface area (Å²) in [5.74, 6) is -3.98. The maximum atomic E-state index is 14.4. The molecule has 7 rings (SSSR count). The number of hydrogen-bond acceptors (Lipinski definition) is 12. The van der Waals surface area contributed by atoms with Crippen molar-refractivity contribution in [3.8, 4) is 17.2 Å². The highest BCUT2D eigenvalue weighted by molar-refractivity contribution is 6.28. The molecule has 0 radical (unpaired) electrons. The van der Waals surface area contributed by atoms with Gasteiger partial charge in [0.2, 0.25) is 28.5 Å². The van der Waals surface area contributed by atoms with Gasteiger partial charge in [0.15, 0.2) is 17.1 Å². The molecule has 51 heavy (non-hydrogen) atoms. The second-order valence-corrected chi connectivity index (χ2v) is 12.3. The topological polar surface area (TPSA) is 224 Å². The lowest BCUT2D eigenvalue weighted by molar-refractivity contribution is -0.147. The number of phenolic OH excluding ortho intramolecular Hbond substituents is 2. The van der Waals surface area contributed by atoms with Crippen molar-refractivity contribution in [2.24, 2.45) is 0 Å². The molecule has 1 aliphatic heterocycles. The van der Waals surface area contributed by atoms with Crippen molar-refractivity contribution in [1.29, 1.82) is 0 Å². The van der Waals surface area contributed by atoms with Crippen LogP contribution in [0.4, 0.5) is 0 Å². The number of ketones is 1. The van der Waals surface area contributed by atoms with Crippen LogP contribution in [0.3, 0.4) is 0 Å². The molecular weight excluding hydrogens is 666 g/mol. The van der Waals surface area contributed by atoms with Crippen molar-refractivity contribution in [2.75, 3.05) is 13.7 Å². The van der Waals surface area contributed by atoms with Crippen LogP contribution in [0.5, 0.6) is 17.2 Å². The Bertz CT molecular complexity index is 2920. The Balaban J connectivity index is 1.52. The molecule has 15 heteroatoms. The number of fused-ring (bicyclic) bond motifs is 6. The SMILES string of the molecule is COc1c2ccc3c(=O)c4cc(C)n(CC(=O)N5CC(C(=O)C=O)NC(=O)C5C)c(=O)c4c(=O)c3c2c(O)c2c(=O)c3cccc(O)c3c(=O)c12. The summed E-state index contributed by atoms with van der Waals surface area (Å²) in [6.45, 7) is 1.75. The molecule has 2 unspecified atom stereocenters. The molecule has 1 fully saturated rings. The van der Waals surface area contributed by atoms with Gasteiger partial charge < -0.3 is 29.7 Å². The quantitative estimate of drug-likeness (QED) is 0.0951. The molecule has 2 amide bonds. The number of pyridine rings is 1. The molecule has 0 bridgehead atoms. The fourth-order valence-corrected chi connectivity index (χ4v) is 7.09. The van der Waals surface area contributed by atoms with Crippen LogP contribution in [-0.2, 0) is 25.7 Å². The van der Waals surface area contributed by atoms with Gasteiger partial charge in [0.05, 0.1) is 28.7 Å². The number of benzene rings is 5. The first-order valence-corrected chi connectivity index (χ1v) is 15.5. The van der Waals surface area contributed by atoms with E-state index in [1.807, 2.05) is 0 Å². The van der Waals surface area contributed by atoms with Crippen LogP contribution < -0.4 is 37.3 Å². The van der Waals surface area contributed by atoms with Gasteiger partial charge in [0.25, 0.3) is 5.56 Å². The van der Waals surface area contributed by atoms with E-state index in [-0.39, 0.29) is 62.0 Å². The van der Waals surface area contributed by atoms with Crippen molar-refractivity contribution < 1.29 is 34.1 Å². The zero-order valence-electron chi connectivity index (χ0n) is 27.0. The van der Waals surface area contributed by atoms with Crippen LogP contribution in [0.2, 0.25) is 0 Å². The summed E-state index contributed by atoms with van der Waals surface area (Å²) in [5, 5.41) is 21.1. The zero-order valence-corrected chi connectivity index (χ0v) is 27.0. The van der Waals surface area contributed by atoms with Crippen LogP contribution in [0.25, 0.3) is 53.9 Å². The van der Waals surface area contributed by atoms with E-state index in [0.717, 1.165) is 9.47 Å². The van der Waals surface area contributed by atoms with Crippen molar-refractivity contribution in [1.82, 2.24) is 14.8 Å². The van der Waals surface area contributed by atoms with E-state index < -0.39 is 91.2 Å². The molecule has 6 aromatic rings. The summed E-state index contributed by atoms with van der Waals surface area (Å²) < 4.78 is 6.47. The molecule has 1 aromatic heterocycles. The van der Waals surface area contributed by atoms with E-state index in [0.29, 0.717) is 0 Å². The molecule has 0 aliphatic carbocycles. The molecule has 0 spiro atoms. The smallest absolute Gasteiger partial charge is 0.263 e. The van der Waals surface area contributed by atoms with Crippen molar-refractivity contribution in [2.45, 2.75) is 32.5 Å². The van der Waals surface area contributed by atoms with E-state index >= 15 is 0 Å². The highest BCUT2D eigenvalue weighted by atomic mass is 16.5. The van der Waals surface area contributed by atoms with Crippen molar-refractivity contribution in [3.63, 3.8) is 0 Å². The number of Topliss-reactive ketones (excluding diaryl/α,β-unsaturated/α-hetero) is 1. The first-order valence-electron chi connectivity index (χ1n) is 15.5. The van der Waals surface area contributed by atoms with Crippen LogP contribution in [-0.4, -0.2) is 69.3 Å². The second-order valence-electron chi connectivity index (χ2n) is 12.3. The molecule has 5 aromatic carbocycles. The predicted octanol–water partition coefficient (Wildman–Crippen LogP) is 0.142. The van der Waals surface area contributed by atoms with Crippen LogP contribution in [0.15, 0.2) is 60.4 Å². The number of aryl methyl sites for hydroxylation is 1. The number of aromatic hydroxyl groups is 2. The van der Waals surface area contributed by atoms with Gasteiger partial charge in [-0.2, -0.15) is 0 Å². The lowest BCUT2D eigenvalue weighted by atomic mass is 9.92. The Morgan fingerprint density at radius 1 is 0.843 bits per heavy atom. The first-order chi connectivity index (χ1) is 24.2. The van der Waals surface area contributed by atoms with E-state index in [9.17, 15) is 53.4 Å². The number of phenols is 2. The zero-order chi connectivity index (χ0) is 36.8. The van der Waals surface area contributed by atoms with E-state index in [1.54, 1.807) is 0 Å². The third-order valence-corrected chi connectivity index (χ3v) is 9.64. The summed E-state index contributed by atoms with van der Waals surface area (Å²) in [6, 6.07) is 5.31. The number of aromatic nitrogens is 1. The van der Waals surface area contributed by atoms with Crippen LogP contribution >= 0.6 is 0 Å². The number of ether oxygens (including phenoxy) is 1. The molecule has 2 heterocycles. The first kappa shape index (κ1) is 32.8. The molecule has 2 atom stereocenters. The van der Waals surface area contributed by atoms with E-state index in [2.05, 4.69) is 5.32 Å². The average Bonchev–Trinajstić information content (AvgIpc) is 3.11. The number of carbonyl (C=O) groups excluding carboxylic acids is 4. The minimum absolute atomic E-state index is 0.0204. The minimum atomic E-state index is -1.29. The summed E-state index contributed by atoms with van der Waals surface area (Å²) in [5.41, 5.74) is -4.43. The van der Waals surface area contributed by atoms with Gasteiger partial charge in [-0.1, -0.05) is 12.1 Å². The van der Waals surface area contributed by atoms with Crippen molar-refractivity contribution >= 4 is 77.7 Å². The summed E-state index contributed by atoms with van der Waals surface area (Å²) in [6.07, 6.45) is 0.0204. The molecule has 1 saturated heterocycles. The van der Waals surface area contributed by atoms with Gasteiger partial charge in [0.1, 0.15) is 35.9 Å². The number of carbonyl (C=O) groups is 4. The number of rotatable bonds is 5. The summed E-state index contributed by atoms with van der Waals surface area (Å²) >= 11 is 0. The molecule has 15 nitrogen and oxygen atoms in total. The van der Waals surface area contributed by atoms with Gasteiger partial charge in [-0.15, -0.1) is 0 Å². The third kappa shape index (κ3) is 4.47. The van der Waals surface area contributed by atoms with Crippen LogP contribution in [0.1, 0.15) is 12.6 Å². The van der Waals surface area contributed by atoms with E-state index in [1.165, 1.54) is 57.4 Å². The number of nitrogens with one attached hydrogen (secondary N) is 1. The summed E-state index contributed by atoms with van der Waals surface area (Å²) in [7, 11) is 1.19. The molecular formula is C36H25N3O12.